The van der Waals surface area contributed by atoms with Crippen molar-refractivity contribution in [3.05, 3.63) is 47.3 Å². The van der Waals surface area contributed by atoms with Crippen molar-refractivity contribution in [2.45, 2.75) is 45.3 Å². The number of benzene rings is 1. The number of nitrogens with zero attached hydrogens (tertiary/aromatic N) is 4. The summed E-state index contributed by atoms with van der Waals surface area (Å²) in [6.45, 7) is 6.30. The Morgan fingerprint density at radius 1 is 1.15 bits per heavy atom. The normalized spacial score (nSPS) is 16.8. The molecule has 1 aliphatic rings. The van der Waals surface area contributed by atoms with E-state index in [1.807, 2.05) is 4.31 Å². The number of pyridine rings is 1. The summed E-state index contributed by atoms with van der Waals surface area (Å²) in [7, 11) is -1.00. The third-order valence-electron chi connectivity index (χ3n) is 5.82. The molecule has 0 aliphatic carbocycles. The number of hydrogen-bond donors (Lipinski definition) is 2. The minimum atomic E-state index is -1.25. The Bertz CT molecular complexity index is 1220. The van der Waals surface area contributed by atoms with Crippen LogP contribution in [0.3, 0.4) is 0 Å². The molecule has 1 unspecified atom stereocenters. The van der Waals surface area contributed by atoms with E-state index in [0.29, 0.717) is 29.7 Å². The zero-order valence-electron chi connectivity index (χ0n) is 19.0. The minimum Gasteiger partial charge on any atom is -0.386 e. The molecule has 33 heavy (non-hydrogen) atoms. The van der Waals surface area contributed by atoms with E-state index >= 15 is 4.39 Å². The summed E-state index contributed by atoms with van der Waals surface area (Å²) in [6.07, 6.45) is 4.22. The number of fused-ring (bicyclic) bond motifs is 1. The number of aryl methyl sites for hydroxylation is 1. The summed E-state index contributed by atoms with van der Waals surface area (Å²) in [5.74, 6) is -1.06. The van der Waals surface area contributed by atoms with Crippen molar-refractivity contribution in [3.8, 4) is 11.3 Å². The number of piperidine rings is 1. The number of aliphatic hydroxyl groups is 1. The number of nitrogens with one attached hydrogen (secondary N) is 1. The monoisotopic (exact) mass is 475 g/mol. The van der Waals surface area contributed by atoms with E-state index < -0.39 is 28.2 Å². The standard InChI is InChI=1S/C23H27F2N5O2S/c1-13-9-17(23(2,3)31)16-10-14(11-18(24)21(16)27-13)20-19(25)12-26-22(29-20)28-15-5-7-30(8-6-15)33(4)32/h9-12,15,31H,5-8H2,1-4H3,(H,26,28,29). The maximum absolute atomic E-state index is 15.0. The van der Waals surface area contributed by atoms with Crippen LogP contribution in [-0.4, -0.2) is 54.0 Å². The summed E-state index contributed by atoms with van der Waals surface area (Å²) in [5, 5.41) is 14.2. The highest BCUT2D eigenvalue weighted by atomic mass is 32.2. The molecule has 176 valence electrons. The van der Waals surface area contributed by atoms with Crippen LogP contribution in [0.5, 0.6) is 0 Å². The van der Waals surface area contributed by atoms with Crippen molar-refractivity contribution in [1.82, 2.24) is 19.3 Å². The lowest BCUT2D eigenvalue weighted by Crippen LogP contribution is -2.39. The first-order chi connectivity index (χ1) is 15.5. The number of hydrogen-bond acceptors (Lipinski definition) is 6. The summed E-state index contributed by atoms with van der Waals surface area (Å²) < 4.78 is 43.3. The van der Waals surface area contributed by atoms with E-state index in [-0.39, 0.29) is 28.8 Å². The zero-order valence-corrected chi connectivity index (χ0v) is 19.8. The summed E-state index contributed by atoms with van der Waals surface area (Å²) in [6, 6.07) is 4.56. The Hall–Kier alpha value is -2.56. The van der Waals surface area contributed by atoms with Crippen molar-refractivity contribution in [1.29, 1.82) is 0 Å². The predicted molar refractivity (Wildman–Crippen MR) is 125 cm³/mol. The molecule has 7 nitrogen and oxygen atoms in total. The molecule has 0 saturated carbocycles. The first kappa shape index (κ1) is 23.6. The molecule has 1 fully saturated rings. The fraction of sp³-hybridized carbons (Fsp3) is 0.435. The molecule has 0 radical (unpaired) electrons. The van der Waals surface area contributed by atoms with Gasteiger partial charge in [-0.1, -0.05) is 0 Å². The lowest BCUT2D eigenvalue weighted by Gasteiger charge is -2.30. The second-order valence-electron chi connectivity index (χ2n) is 8.89. The van der Waals surface area contributed by atoms with Gasteiger partial charge < -0.3 is 10.4 Å². The van der Waals surface area contributed by atoms with Crippen LogP contribution in [0.15, 0.2) is 24.4 Å². The van der Waals surface area contributed by atoms with Crippen molar-refractivity contribution in [3.63, 3.8) is 0 Å². The molecule has 2 N–H and O–H groups in total. The van der Waals surface area contributed by atoms with Crippen LogP contribution in [-0.2, 0) is 16.6 Å². The molecule has 2 aromatic heterocycles. The first-order valence-corrected chi connectivity index (χ1v) is 12.3. The van der Waals surface area contributed by atoms with E-state index in [1.54, 1.807) is 39.2 Å². The minimum absolute atomic E-state index is 0.0392. The maximum atomic E-state index is 15.0. The highest BCUT2D eigenvalue weighted by Gasteiger charge is 2.24. The van der Waals surface area contributed by atoms with Gasteiger partial charge in [-0.3, -0.25) is 4.98 Å². The van der Waals surface area contributed by atoms with E-state index in [1.165, 1.54) is 6.07 Å². The fourth-order valence-corrected chi connectivity index (χ4v) is 4.86. The van der Waals surface area contributed by atoms with Crippen molar-refractivity contribution >= 4 is 27.8 Å². The number of anilines is 1. The van der Waals surface area contributed by atoms with Crippen LogP contribution in [0.25, 0.3) is 22.2 Å². The molecule has 3 aromatic rings. The van der Waals surface area contributed by atoms with Gasteiger partial charge in [0.1, 0.15) is 17.0 Å². The van der Waals surface area contributed by atoms with Gasteiger partial charge in [0.05, 0.1) is 22.8 Å². The number of aromatic nitrogens is 3. The van der Waals surface area contributed by atoms with Crippen molar-refractivity contribution in [2.24, 2.45) is 0 Å². The lowest BCUT2D eigenvalue weighted by atomic mass is 9.92. The molecule has 1 saturated heterocycles. The van der Waals surface area contributed by atoms with Gasteiger partial charge in [0.15, 0.2) is 5.82 Å². The smallest absolute Gasteiger partial charge is 0.223 e. The Labute approximate surface area is 193 Å². The molecule has 0 bridgehead atoms. The largest absolute Gasteiger partial charge is 0.386 e. The number of halogens is 2. The fourth-order valence-electron chi connectivity index (χ4n) is 4.14. The van der Waals surface area contributed by atoms with Gasteiger partial charge in [-0.15, -0.1) is 0 Å². The molecule has 0 spiro atoms. The van der Waals surface area contributed by atoms with Gasteiger partial charge in [-0.05, 0) is 57.4 Å². The average Bonchev–Trinajstić information content (AvgIpc) is 2.74. The Kier molecular flexibility index (Phi) is 6.43. The number of rotatable bonds is 5. The second kappa shape index (κ2) is 9.00. The summed E-state index contributed by atoms with van der Waals surface area (Å²) >= 11 is 0. The molecule has 1 aliphatic heterocycles. The Balaban J connectivity index is 1.70. The van der Waals surface area contributed by atoms with Gasteiger partial charge in [-0.2, -0.15) is 0 Å². The van der Waals surface area contributed by atoms with Crippen LogP contribution < -0.4 is 5.32 Å². The van der Waals surface area contributed by atoms with Crippen LogP contribution in [0, 0.1) is 18.6 Å². The first-order valence-electron chi connectivity index (χ1n) is 10.7. The summed E-state index contributed by atoms with van der Waals surface area (Å²) in [5.41, 5.74) is 0.134. The van der Waals surface area contributed by atoms with Crippen LogP contribution >= 0.6 is 0 Å². The van der Waals surface area contributed by atoms with Gasteiger partial charge in [0.25, 0.3) is 0 Å². The lowest BCUT2D eigenvalue weighted by molar-refractivity contribution is 0.0800. The molecular formula is C23H27F2N5O2S. The molecule has 4 rings (SSSR count). The van der Waals surface area contributed by atoms with Gasteiger partial charge in [0, 0.05) is 42.0 Å². The van der Waals surface area contributed by atoms with Crippen molar-refractivity contribution in [2.75, 3.05) is 24.7 Å². The quantitative estimate of drug-likeness (QED) is 0.585. The van der Waals surface area contributed by atoms with Gasteiger partial charge >= 0.3 is 0 Å². The zero-order chi connectivity index (χ0) is 23.9. The molecule has 1 aromatic carbocycles. The Morgan fingerprint density at radius 2 is 1.85 bits per heavy atom. The van der Waals surface area contributed by atoms with Crippen molar-refractivity contribution < 1.29 is 18.1 Å². The van der Waals surface area contributed by atoms with E-state index in [9.17, 15) is 13.7 Å². The van der Waals surface area contributed by atoms with E-state index in [0.717, 1.165) is 19.0 Å². The highest BCUT2D eigenvalue weighted by Crippen LogP contribution is 2.33. The molecule has 3 heterocycles. The Morgan fingerprint density at radius 3 is 2.48 bits per heavy atom. The maximum Gasteiger partial charge on any atom is 0.223 e. The van der Waals surface area contributed by atoms with Gasteiger partial charge in [-0.25, -0.2) is 27.3 Å². The third kappa shape index (κ3) is 5.02. The third-order valence-corrected chi connectivity index (χ3v) is 6.91. The van der Waals surface area contributed by atoms with Crippen LogP contribution in [0.1, 0.15) is 37.9 Å². The van der Waals surface area contributed by atoms with E-state index in [2.05, 4.69) is 20.3 Å². The topological polar surface area (TPSA) is 91.2 Å². The van der Waals surface area contributed by atoms with Crippen LogP contribution in [0.4, 0.5) is 14.7 Å². The highest BCUT2D eigenvalue weighted by molar-refractivity contribution is 7.81. The molecule has 10 heteroatoms. The SMILES string of the molecule is Cc1cc(C(C)(C)O)c2cc(-c3nc(NC4CCN(S(C)=O)CC4)ncc3F)cc(F)c2n1. The second-order valence-corrected chi connectivity index (χ2v) is 10.2. The van der Waals surface area contributed by atoms with Gasteiger partial charge in [0.2, 0.25) is 5.95 Å². The molecular weight excluding hydrogens is 448 g/mol. The van der Waals surface area contributed by atoms with E-state index in [4.69, 9.17) is 0 Å². The molecule has 1 atom stereocenters. The van der Waals surface area contributed by atoms with Crippen LogP contribution in [0.2, 0.25) is 0 Å². The molecule has 0 amide bonds. The predicted octanol–water partition coefficient (Wildman–Crippen LogP) is 3.68. The average molecular weight is 476 g/mol. The summed E-state index contributed by atoms with van der Waals surface area (Å²) in [4.78, 5) is 12.6.